The van der Waals surface area contributed by atoms with Gasteiger partial charge >= 0.3 is 0 Å². The van der Waals surface area contributed by atoms with Crippen LogP contribution in [0.4, 0.5) is 26.0 Å². The number of nitrogens with one attached hydrogen (secondary N) is 3. The third-order valence-corrected chi connectivity index (χ3v) is 11.6. The maximum Gasteiger partial charge on any atom is 0.284 e. The van der Waals surface area contributed by atoms with Crippen LogP contribution in [-0.2, 0) is 20.7 Å². The number of alkyl halides is 2. The predicted molar refractivity (Wildman–Crippen MR) is 226 cm³/mol. The molecule has 17 heteroatoms. The number of aryl methyl sites for hydroxylation is 1. The summed E-state index contributed by atoms with van der Waals surface area (Å²) in [6, 6.07) is 9.06. The van der Waals surface area contributed by atoms with Gasteiger partial charge in [0.15, 0.2) is 18.0 Å². The maximum atomic E-state index is 14.1. The lowest BCUT2D eigenvalue weighted by atomic mass is 9.86. The van der Waals surface area contributed by atoms with Gasteiger partial charge in [0.25, 0.3) is 24.1 Å². The van der Waals surface area contributed by atoms with Gasteiger partial charge in [-0.05, 0) is 126 Å². The van der Waals surface area contributed by atoms with Gasteiger partial charge in [0, 0.05) is 56.9 Å². The first-order valence-corrected chi connectivity index (χ1v) is 21.5. The first kappa shape index (κ1) is 43.7. The van der Waals surface area contributed by atoms with E-state index >= 15 is 0 Å². The Labute approximate surface area is 354 Å². The van der Waals surface area contributed by atoms with Crippen molar-refractivity contribution in [2.24, 2.45) is 11.8 Å². The number of hydrogen-bond donors (Lipinski definition) is 3. The second-order valence-electron chi connectivity index (χ2n) is 16.5. The molecule has 0 bridgehead atoms. The standard InChI is InChI=1S/C44H57F2N9O6/c1-53(19-5-3-4-17-48-39(56)27-60-34-14-15-37-31(21-34)7-6-20-54(37)40(57)28-59-2)24-30-10-12-33(13-11-30)55-25-35(41(52-55)42(45)46)50-43(58)36-26-61-44(51-36)32-16-18-47-38(22-32)49-23-29-8-9-29/h14-16,18,21-22,25-26,29-30,33,42H,3-13,17,19-20,23-24,27-28H2,1-2H3,(H,47,49)(H,48,56)(H,50,58)/t30-,33-. The first-order chi connectivity index (χ1) is 29.6. The highest BCUT2D eigenvalue weighted by molar-refractivity contribution is 6.03. The number of amides is 3. The molecule has 0 spiro atoms. The number of carbonyl (C=O) groups excluding carboxylic acids is 3. The molecule has 0 atom stereocenters. The Hall–Kier alpha value is -5.42. The molecule has 3 aliphatic rings. The Morgan fingerprint density at radius 1 is 1.02 bits per heavy atom. The molecular weight excluding hydrogens is 789 g/mol. The van der Waals surface area contributed by atoms with Crippen LogP contribution in [0.5, 0.6) is 5.75 Å². The van der Waals surface area contributed by atoms with E-state index in [1.165, 1.54) is 32.4 Å². The van der Waals surface area contributed by atoms with Crippen LogP contribution in [0.2, 0.25) is 0 Å². The summed E-state index contributed by atoms with van der Waals surface area (Å²) in [6.07, 6.45) is 12.0. The smallest absolute Gasteiger partial charge is 0.284 e. The summed E-state index contributed by atoms with van der Waals surface area (Å²) in [5, 5.41) is 13.1. The molecule has 1 aliphatic heterocycles. The zero-order valence-corrected chi connectivity index (χ0v) is 35.0. The summed E-state index contributed by atoms with van der Waals surface area (Å²) in [4.78, 5) is 50.7. The van der Waals surface area contributed by atoms with Crippen molar-refractivity contribution >= 4 is 34.9 Å². The lowest BCUT2D eigenvalue weighted by molar-refractivity contribution is -0.123. The Balaban J connectivity index is 0.779. The van der Waals surface area contributed by atoms with Gasteiger partial charge in [-0.3, -0.25) is 19.1 Å². The van der Waals surface area contributed by atoms with Crippen LogP contribution in [0.1, 0.15) is 98.4 Å². The molecule has 61 heavy (non-hydrogen) atoms. The molecule has 7 rings (SSSR count). The monoisotopic (exact) mass is 845 g/mol. The van der Waals surface area contributed by atoms with E-state index in [9.17, 15) is 23.2 Å². The van der Waals surface area contributed by atoms with Crippen molar-refractivity contribution in [1.29, 1.82) is 0 Å². The minimum Gasteiger partial charge on any atom is -0.484 e. The zero-order valence-electron chi connectivity index (χ0n) is 35.0. The van der Waals surface area contributed by atoms with Gasteiger partial charge < -0.3 is 39.6 Å². The van der Waals surface area contributed by atoms with Crippen LogP contribution >= 0.6 is 0 Å². The molecule has 2 aliphatic carbocycles. The lowest BCUT2D eigenvalue weighted by Gasteiger charge is -2.31. The number of hydrogen-bond acceptors (Lipinski definition) is 11. The Bertz CT molecular complexity index is 2100. The van der Waals surface area contributed by atoms with Crippen molar-refractivity contribution in [3.63, 3.8) is 0 Å². The van der Waals surface area contributed by atoms with E-state index in [1.54, 1.807) is 34.0 Å². The number of halogens is 2. The number of fused-ring (bicyclic) bond motifs is 1. The topological polar surface area (TPSA) is 169 Å². The summed E-state index contributed by atoms with van der Waals surface area (Å²) in [5.74, 6) is 1.79. The SMILES string of the molecule is COCC(=O)N1CCCc2cc(OCC(=O)NCCCCCN(C)C[C@H]3CC[C@H](n4cc(NC(=O)c5coc(-c6ccnc(NCC7CC7)c6)n5)c(C(F)F)n4)CC3)ccc21. The lowest BCUT2D eigenvalue weighted by Crippen LogP contribution is -2.37. The van der Waals surface area contributed by atoms with Crippen LogP contribution in [0.25, 0.3) is 11.5 Å². The van der Waals surface area contributed by atoms with E-state index in [4.69, 9.17) is 13.9 Å². The van der Waals surface area contributed by atoms with Crippen molar-refractivity contribution < 1.29 is 37.1 Å². The number of methoxy groups -OCH3 is 1. The highest BCUT2D eigenvalue weighted by Gasteiger charge is 2.29. The summed E-state index contributed by atoms with van der Waals surface area (Å²) in [5.41, 5.74) is 2.01. The number of unbranched alkanes of at least 4 members (excludes halogenated alkanes) is 2. The molecular formula is C44H57F2N9O6. The third-order valence-electron chi connectivity index (χ3n) is 11.6. The van der Waals surface area contributed by atoms with Gasteiger partial charge in [-0.15, -0.1) is 0 Å². The molecule has 0 saturated heterocycles. The number of ether oxygens (including phenoxy) is 2. The van der Waals surface area contributed by atoms with Gasteiger partial charge in [-0.2, -0.15) is 5.10 Å². The molecule has 3 N–H and O–H groups in total. The Morgan fingerprint density at radius 3 is 2.62 bits per heavy atom. The van der Waals surface area contributed by atoms with Gasteiger partial charge in [0.05, 0.1) is 11.7 Å². The molecule has 2 fully saturated rings. The van der Waals surface area contributed by atoms with Crippen LogP contribution in [0.15, 0.2) is 53.4 Å². The summed E-state index contributed by atoms with van der Waals surface area (Å²) < 4.78 is 46.2. The summed E-state index contributed by atoms with van der Waals surface area (Å²) >= 11 is 0. The van der Waals surface area contributed by atoms with E-state index < -0.39 is 18.0 Å². The van der Waals surface area contributed by atoms with Crippen molar-refractivity contribution in [3.8, 4) is 17.2 Å². The van der Waals surface area contributed by atoms with Gasteiger partial charge in [0.2, 0.25) is 5.89 Å². The van der Waals surface area contributed by atoms with Gasteiger partial charge in [-0.1, -0.05) is 6.42 Å². The number of oxazole rings is 1. The molecule has 4 heterocycles. The highest BCUT2D eigenvalue weighted by atomic mass is 19.3. The van der Waals surface area contributed by atoms with Gasteiger partial charge in [-0.25, -0.2) is 18.7 Å². The summed E-state index contributed by atoms with van der Waals surface area (Å²) in [7, 11) is 3.63. The van der Waals surface area contributed by atoms with E-state index in [1.807, 2.05) is 12.1 Å². The molecule has 4 aromatic rings. The number of benzene rings is 1. The normalized spacial score (nSPS) is 17.6. The second-order valence-corrected chi connectivity index (χ2v) is 16.5. The van der Waals surface area contributed by atoms with E-state index in [2.05, 4.69) is 43.0 Å². The molecule has 3 amide bonds. The average molecular weight is 846 g/mol. The van der Waals surface area contributed by atoms with Crippen molar-refractivity contribution in [2.75, 3.05) is 75.6 Å². The largest absolute Gasteiger partial charge is 0.484 e. The van der Waals surface area contributed by atoms with E-state index in [-0.39, 0.29) is 48.3 Å². The maximum absolute atomic E-state index is 14.1. The van der Waals surface area contributed by atoms with Gasteiger partial charge in [0.1, 0.15) is 24.4 Å². The van der Waals surface area contributed by atoms with E-state index in [0.717, 1.165) is 88.7 Å². The average Bonchev–Trinajstić information content (AvgIpc) is 3.78. The number of carbonyl (C=O) groups is 3. The number of aromatic nitrogens is 4. The summed E-state index contributed by atoms with van der Waals surface area (Å²) in [6.45, 7) is 3.95. The Kier molecular flexibility index (Phi) is 15.0. The first-order valence-electron chi connectivity index (χ1n) is 21.5. The molecule has 2 saturated carbocycles. The number of anilines is 3. The third kappa shape index (κ3) is 12.1. The molecule has 3 aromatic heterocycles. The predicted octanol–water partition coefficient (Wildman–Crippen LogP) is 6.90. The zero-order chi connectivity index (χ0) is 42.7. The quantitative estimate of drug-likeness (QED) is 0.0747. The number of pyridine rings is 1. The number of rotatable bonds is 21. The van der Waals surface area contributed by atoms with Crippen molar-refractivity contribution in [3.05, 3.63) is 65.9 Å². The van der Waals surface area contributed by atoms with Crippen molar-refractivity contribution in [2.45, 2.75) is 83.1 Å². The minimum absolute atomic E-state index is 0.0279. The molecule has 1 aromatic carbocycles. The fourth-order valence-corrected chi connectivity index (χ4v) is 8.14. The molecule has 328 valence electrons. The van der Waals surface area contributed by atoms with Crippen LogP contribution in [0, 0.1) is 11.8 Å². The highest BCUT2D eigenvalue weighted by Crippen LogP contribution is 2.36. The van der Waals surface area contributed by atoms with Crippen molar-refractivity contribution in [1.82, 2.24) is 30.0 Å². The Morgan fingerprint density at radius 2 is 1.84 bits per heavy atom. The van der Waals surface area contributed by atoms with E-state index in [0.29, 0.717) is 42.1 Å². The van der Waals surface area contributed by atoms with Crippen LogP contribution in [0.3, 0.4) is 0 Å². The minimum atomic E-state index is -2.86. The molecule has 0 radical (unpaired) electrons. The fourth-order valence-electron chi connectivity index (χ4n) is 8.14. The second kappa shape index (κ2) is 20.9. The van der Waals surface area contributed by atoms with Crippen LogP contribution in [-0.4, -0.2) is 102 Å². The molecule has 15 nitrogen and oxygen atoms in total. The fraction of sp³-hybridized carbons (Fsp3) is 0.545. The van der Waals surface area contributed by atoms with Crippen LogP contribution < -0.4 is 25.6 Å². The molecule has 0 unspecified atom stereocenters. The number of nitrogens with zero attached hydrogens (tertiary/aromatic N) is 6.